The van der Waals surface area contributed by atoms with E-state index in [-0.39, 0.29) is 0 Å². The minimum Gasteiger partial charge on any atom is -0.367 e. The van der Waals surface area contributed by atoms with Gasteiger partial charge in [-0.2, -0.15) is 5.10 Å². The number of hydrogen-bond donors (Lipinski definition) is 0. The van der Waals surface area contributed by atoms with Gasteiger partial charge in [-0.3, -0.25) is 9.97 Å². The van der Waals surface area contributed by atoms with Gasteiger partial charge in [0.05, 0.1) is 17.4 Å². The Morgan fingerprint density at radius 2 is 1.79 bits per heavy atom. The average Bonchev–Trinajstić information content (AvgIpc) is 2.99. The number of anilines is 1. The zero-order chi connectivity index (χ0) is 16.1. The van der Waals surface area contributed by atoms with Crippen molar-refractivity contribution in [2.75, 3.05) is 38.1 Å². The van der Waals surface area contributed by atoms with Crippen molar-refractivity contribution in [3.63, 3.8) is 0 Å². The summed E-state index contributed by atoms with van der Waals surface area (Å²) in [6, 6.07) is 1.97. The van der Waals surface area contributed by atoms with Gasteiger partial charge in [-0.1, -0.05) is 0 Å². The van der Waals surface area contributed by atoms with Crippen molar-refractivity contribution in [1.29, 1.82) is 0 Å². The molecule has 0 radical (unpaired) electrons. The Balaban J connectivity index is 1.86. The van der Waals surface area contributed by atoms with Crippen LogP contribution in [0.25, 0.3) is 27.5 Å². The zero-order valence-electron chi connectivity index (χ0n) is 13.4. The van der Waals surface area contributed by atoms with E-state index in [0.717, 1.165) is 59.3 Å². The molecule has 1 fully saturated rings. The van der Waals surface area contributed by atoms with Crippen LogP contribution in [0.3, 0.4) is 0 Å². The number of hydrogen-bond acceptors (Lipinski definition) is 6. The van der Waals surface area contributed by atoms with Gasteiger partial charge in [0.2, 0.25) is 0 Å². The van der Waals surface area contributed by atoms with Crippen molar-refractivity contribution in [3.05, 3.63) is 37.1 Å². The number of pyridine rings is 2. The third kappa shape index (κ3) is 1.94. The van der Waals surface area contributed by atoms with Crippen molar-refractivity contribution in [3.8, 4) is 0 Å². The predicted molar refractivity (Wildman–Crippen MR) is 93.3 cm³/mol. The third-order valence-corrected chi connectivity index (χ3v) is 4.74. The molecule has 5 heterocycles. The number of aromatic nitrogens is 5. The Kier molecular flexibility index (Phi) is 2.90. The molecule has 0 aliphatic carbocycles. The van der Waals surface area contributed by atoms with Crippen molar-refractivity contribution < 1.29 is 0 Å². The van der Waals surface area contributed by atoms with Crippen molar-refractivity contribution in [1.82, 2.24) is 29.5 Å². The molecule has 0 unspecified atom stereocenters. The molecule has 0 aromatic carbocycles. The molecular formula is C17H17N7. The monoisotopic (exact) mass is 319 g/mol. The first-order valence-electron chi connectivity index (χ1n) is 8.10. The van der Waals surface area contributed by atoms with Gasteiger partial charge in [0.25, 0.3) is 0 Å². The topological polar surface area (TPSA) is 62.5 Å². The molecule has 0 amide bonds. The number of likely N-dealkylation sites (N-methyl/N-ethyl adjacent to an activating group) is 1. The summed E-state index contributed by atoms with van der Waals surface area (Å²) in [6.45, 7) is 4.04. The first kappa shape index (κ1) is 13.6. The molecule has 5 rings (SSSR count). The molecule has 1 aliphatic rings. The molecule has 0 spiro atoms. The van der Waals surface area contributed by atoms with Gasteiger partial charge in [-0.25, -0.2) is 9.50 Å². The second-order valence-corrected chi connectivity index (χ2v) is 6.25. The van der Waals surface area contributed by atoms with Crippen LogP contribution in [0.15, 0.2) is 37.1 Å². The Morgan fingerprint density at radius 3 is 2.67 bits per heavy atom. The molecule has 120 valence electrons. The summed E-state index contributed by atoms with van der Waals surface area (Å²) in [5, 5.41) is 5.85. The Labute approximate surface area is 138 Å². The van der Waals surface area contributed by atoms with Gasteiger partial charge in [-0.05, 0) is 13.1 Å². The van der Waals surface area contributed by atoms with E-state index in [1.165, 1.54) is 0 Å². The summed E-state index contributed by atoms with van der Waals surface area (Å²) in [5.41, 5.74) is 4.84. The lowest BCUT2D eigenvalue weighted by molar-refractivity contribution is 0.313. The Bertz CT molecular complexity index is 1050. The molecule has 7 heteroatoms. The van der Waals surface area contributed by atoms with E-state index in [1.54, 1.807) is 12.4 Å². The first-order chi connectivity index (χ1) is 11.8. The van der Waals surface area contributed by atoms with Gasteiger partial charge in [-0.15, -0.1) is 0 Å². The smallest absolute Gasteiger partial charge is 0.136 e. The molecular weight excluding hydrogens is 302 g/mol. The SMILES string of the molecule is CN1CCN(c2c3cnccc3nc3c2nn2ccncc32)CC1. The molecule has 1 saturated heterocycles. The van der Waals surface area contributed by atoms with Crippen LogP contribution in [0.2, 0.25) is 0 Å². The van der Waals surface area contributed by atoms with Crippen molar-refractivity contribution >= 4 is 33.1 Å². The highest BCUT2D eigenvalue weighted by Gasteiger charge is 2.22. The van der Waals surface area contributed by atoms with Crippen LogP contribution in [0.4, 0.5) is 5.69 Å². The highest BCUT2D eigenvalue weighted by Crippen LogP contribution is 2.34. The van der Waals surface area contributed by atoms with Crippen LogP contribution < -0.4 is 4.90 Å². The quantitative estimate of drug-likeness (QED) is 0.531. The van der Waals surface area contributed by atoms with Crippen LogP contribution in [0.5, 0.6) is 0 Å². The molecule has 0 bridgehead atoms. The van der Waals surface area contributed by atoms with Crippen LogP contribution >= 0.6 is 0 Å². The summed E-state index contributed by atoms with van der Waals surface area (Å²) in [5.74, 6) is 0. The largest absolute Gasteiger partial charge is 0.367 e. The van der Waals surface area contributed by atoms with E-state index >= 15 is 0 Å². The van der Waals surface area contributed by atoms with E-state index in [4.69, 9.17) is 10.1 Å². The van der Waals surface area contributed by atoms with E-state index in [9.17, 15) is 0 Å². The highest BCUT2D eigenvalue weighted by molar-refractivity contribution is 6.09. The number of piperazine rings is 1. The lowest BCUT2D eigenvalue weighted by Gasteiger charge is -2.34. The number of fused-ring (bicyclic) bond motifs is 4. The van der Waals surface area contributed by atoms with Gasteiger partial charge in [0.15, 0.2) is 0 Å². The molecule has 4 aromatic heterocycles. The molecule has 24 heavy (non-hydrogen) atoms. The minimum absolute atomic E-state index is 0.899. The number of rotatable bonds is 1. The lowest BCUT2D eigenvalue weighted by Crippen LogP contribution is -2.44. The summed E-state index contributed by atoms with van der Waals surface area (Å²) in [6.07, 6.45) is 9.13. The second-order valence-electron chi connectivity index (χ2n) is 6.25. The summed E-state index contributed by atoms with van der Waals surface area (Å²) in [4.78, 5) is 18.2. The normalized spacial score (nSPS) is 16.5. The third-order valence-electron chi connectivity index (χ3n) is 4.74. The zero-order valence-corrected chi connectivity index (χ0v) is 13.4. The molecule has 1 aliphatic heterocycles. The van der Waals surface area contributed by atoms with Crippen LogP contribution in [-0.2, 0) is 0 Å². The summed E-state index contributed by atoms with van der Waals surface area (Å²) < 4.78 is 1.86. The average molecular weight is 319 g/mol. The van der Waals surface area contributed by atoms with Crippen LogP contribution in [-0.4, -0.2) is 62.7 Å². The minimum atomic E-state index is 0.899. The maximum atomic E-state index is 4.84. The summed E-state index contributed by atoms with van der Waals surface area (Å²) in [7, 11) is 2.16. The lowest BCUT2D eigenvalue weighted by atomic mass is 10.1. The number of nitrogens with zero attached hydrogens (tertiary/aromatic N) is 7. The van der Waals surface area contributed by atoms with Crippen molar-refractivity contribution in [2.45, 2.75) is 0 Å². The van der Waals surface area contributed by atoms with Gasteiger partial charge in [0, 0.05) is 56.4 Å². The van der Waals surface area contributed by atoms with Crippen molar-refractivity contribution in [2.24, 2.45) is 0 Å². The predicted octanol–water partition coefficient (Wildman–Crippen LogP) is 1.58. The highest BCUT2D eigenvalue weighted by atomic mass is 15.3. The fourth-order valence-corrected chi connectivity index (χ4v) is 3.42. The summed E-state index contributed by atoms with van der Waals surface area (Å²) >= 11 is 0. The fourth-order valence-electron chi connectivity index (χ4n) is 3.42. The maximum absolute atomic E-state index is 4.84. The molecule has 0 saturated carbocycles. The fraction of sp³-hybridized carbons (Fsp3) is 0.294. The Morgan fingerprint density at radius 1 is 0.958 bits per heavy atom. The standard InChI is InChI=1S/C17H17N7/c1-22-6-8-23(9-7-22)17-12-10-18-3-2-13(12)20-15-14-11-19-4-5-24(14)21-16(15)17/h2-5,10-11H,6-9H2,1H3. The van der Waals surface area contributed by atoms with Crippen LogP contribution in [0, 0.1) is 0 Å². The van der Waals surface area contributed by atoms with Crippen LogP contribution in [0.1, 0.15) is 0 Å². The van der Waals surface area contributed by atoms with E-state index in [2.05, 4.69) is 26.8 Å². The Hall–Kier alpha value is -2.80. The van der Waals surface area contributed by atoms with E-state index in [0.29, 0.717) is 0 Å². The van der Waals surface area contributed by atoms with E-state index < -0.39 is 0 Å². The molecule has 7 nitrogen and oxygen atoms in total. The molecule has 4 aromatic rings. The molecule has 0 atom stereocenters. The second kappa shape index (κ2) is 5.10. The first-order valence-corrected chi connectivity index (χ1v) is 8.10. The maximum Gasteiger partial charge on any atom is 0.136 e. The van der Waals surface area contributed by atoms with Gasteiger partial charge in [0.1, 0.15) is 16.6 Å². The van der Waals surface area contributed by atoms with E-state index in [1.807, 2.05) is 29.2 Å². The molecule has 0 N–H and O–H groups in total. The van der Waals surface area contributed by atoms with Gasteiger partial charge < -0.3 is 9.80 Å². The van der Waals surface area contributed by atoms with Gasteiger partial charge >= 0.3 is 0 Å².